The molecule has 0 fully saturated rings. The van der Waals surface area contributed by atoms with Crippen LogP contribution in [0.15, 0.2) is 0 Å². The van der Waals surface area contributed by atoms with Crippen molar-refractivity contribution in [2.75, 3.05) is 31.8 Å². The van der Waals surface area contributed by atoms with Crippen molar-refractivity contribution >= 4 is 17.7 Å². The van der Waals surface area contributed by atoms with Crippen LogP contribution in [0, 0.1) is 0 Å². The summed E-state index contributed by atoms with van der Waals surface area (Å²) in [4.78, 5) is 11.5. The van der Waals surface area contributed by atoms with Crippen molar-refractivity contribution in [2.45, 2.75) is 45.8 Å². The summed E-state index contributed by atoms with van der Waals surface area (Å²) >= 11 is 1.58. The molecule has 4 nitrogen and oxygen atoms in total. The maximum Gasteiger partial charge on any atom is 0.316 e. The van der Waals surface area contributed by atoms with Gasteiger partial charge in [0.05, 0.1) is 12.4 Å². The van der Waals surface area contributed by atoms with Crippen molar-refractivity contribution in [3.8, 4) is 0 Å². The first-order chi connectivity index (χ1) is 8.39. The van der Waals surface area contributed by atoms with Crippen LogP contribution in [0.1, 0.15) is 34.1 Å². The van der Waals surface area contributed by atoms with Crippen LogP contribution >= 0.6 is 11.8 Å². The Morgan fingerprint density at radius 2 is 2.06 bits per heavy atom. The van der Waals surface area contributed by atoms with Gasteiger partial charge in [-0.3, -0.25) is 4.79 Å². The molecule has 0 saturated heterocycles. The van der Waals surface area contributed by atoms with E-state index < -0.39 is 5.60 Å². The first-order valence-electron chi connectivity index (χ1n) is 6.41. The Balaban J connectivity index is 3.80. The monoisotopic (exact) mass is 277 g/mol. The summed E-state index contributed by atoms with van der Waals surface area (Å²) in [5.74, 6) is 1.09. The summed E-state index contributed by atoms with van der Waals surface area (Å²) in [6.45, 7) is 9.41. The third-order valence-electron chi connectivity index (χ3n) is 2.01. The highest BCUT2D eigenvalue weighted by atomic mass is 32.2. The van der Waals surface area contributed by atoms with E-state index in [1.54, 1.807) is 18.9 Å². The molecule has 1 N–H and O–H groups in total. The molecule has 0 radical (unpaired) electrons. The van der Waals surface area contributed by atoms with Crippen LogP contribution in [0.25, 0.3) is 0 Å². The average molecular weight is 277 g/mol. The van der Waals surface area contributed by atoms with E-state index in [9.17, 15) is 4.79 Å². The number of thioether (sulfide) groups is 1. The minimum atomic E-state index is -0.399. The molecular formula is C13H27NO3S. The molecule has 1 atom stereocenters. The molecule has 108 valence electrons. The van der Waals surface area contributed by atoms with E-state index in [-0.39, 0.29) is 5.97 Å². The quantitative estimate of drug-likeness (QED) is 0.654. The summed E-state index contributed by atoms with van der Waals surface area (Å²) in [5, 5.41) is 3.39. The Morgan fingerprint density at radius 1 is 1.39 bits per heavy atom. The normalized spacial score (nSPS) is 13.4. The topological polar surface area (TPSA) is 47.6 Å². The zero-order valence-corrected chi connectivity index (χ0v) is 13.1. The Bertz CT molecular complexity index is 229. The second-order valence-corrected chi connectivity index (χ2v) is 6.24. The Morgan fingerprint density at radius 3 is 2.56 bits per heavy atom. The molecule has 5 heteroatoms. The van der Waals surface area contributed by atoms with Crippen LogP contribution in [0.3, 0.4) is 0 Å². The predicted octanol–water partition coefficient (Wildman–Crippen LogP) is 2.08. The predicted molar refractivity (Wildman–Crippen MR) is 77.1 cm³/mol. The van der Waals surface area contributed by atoms with Gasteiger partial charge < -0.3 is 14.8 Å². The Kier molecular flexibility index (Phi) is 9.50. The lowest BCUT2D eigenvalue weighted by Gasteiger charge is -2.20. The average Bonchev–Trinajstić information content (AvgIpc) is 2.23. The Hall–Kier alpha value is -0.260. The molecule has 18 heavy (non-hydrogen) atoms. The highest BCUT2D eigenvalue weighted by Crippen LogP contribution is 2.10. The summed E-state index contributed by atoms with van der Waals surface area (Å²) in [6.07, 6.45) is 1.09. The van der Waals surface area contributed by atoms with Gasteiger partial charge in [0.2, 0.25) is 0 Å². The van der Waals surface area contributed by atoms with Crippen LogP contribution in [0.2, 0.25) is 0 Å². The van der Waals surface area contributed by atoms with Crippen LogP contribution in [-0.2, 0) is 14.3 Å². The SMILES string of the molecule is CCCNC(COC)CSCC(=O)OC(C)(C)C. The van der Waals surface area contributed by atoms with Gasteiger partial charge in [0.15, 0.2) is 0 Å². The highest BCUT2D eigenvalue weighted by molar-refractivity contribution is 7.99. The molecule has 0 spiro atoms. The zero-order valence-electron chi connectivity index (χ0n) is 12.2. The molecule has 0 saturated carbocycles. The van der Waals surface area contributed by atoms with Crippen LogP contribution in [-0.4, -0.2) is 49.4 Å². The van der Waals surface area contributed by atoms with Crippen molar-refractivity contribution in [3.05, 3.63) is 0 Å². The standard InChI is InChI=1S/C13H27NO3S/c1-6-7-14-11(8-16-5)9-18-10-12(15)17-13(2,3)4/h11,14H,6-10H2,1-5H3. The minimum absolute atomic E-state index is 0.154. The van der Waals surface area contributed by atoms with E-state index in [2.05, 4.69) is 12.2 Å². The number of nitrogens with one attached hydrogen (secondary N) is 1. The van der Waals surface area contributed by atoms with Crippen molar-refractivity contribution in [2.24, 2.45) is 0 Å². The van der Waals surface area contributed by atoms with Crippen molar-refractivity contribution < 1.29 is 14.3 Å². The maximum atomic E-state index is 11.5. The molecule has 1 unspecified atom stereocenters. The van der Waals surface area contributed by atoms with E-state index in [4.69, 9.17) is 9.47 Å². The summed E-state index contributed by atoms with van der Waals surface area (Å²) in [6, 6.07) is 0.294. The fourth-order valence-corrected chi connectivity index (χ4v) is 2.21. The fraction of sp³-hybridized carbons (Fsp3) is 0.923. The van der Waals surface area contributed by atoms with Gasteiger partial charge in [0, 0.05) is 18.9 Å². The number of ether oxygens (including phenoxy) is 2. The van der Waals surface area contributed by atoms with Gasteiger partial charge >= 0.3 is 5.97 Å². The van der Waals surface area contributed by atoms with Gasteiger partial charge in [-0.05, 0) is 33.7 Å². The minimum Gasteiger partial charge on any atom is -0.459 e. The fourth-order valence-electron chi connectivity index (χ4n) is 1.37. The van der Waals surface area contributed by atoms with Crippen molar-refractivity contribution in [1.29, 1.82) is 0 Å². The molecule has 0 aromatic heterocycles. The van der Waals surface area contributed by atoms with Gasteiger partial charge in [-0.1, -0.05) is 6.92 Å². The number of carbonyl (C=O) groups excluding carboxylic acids is 1. The second-order valence-electron chi connectivity index (χ2n) is 5.21. The van der Waals surface area contributed by atoms with E-state index in [1.165, 1.54) is 0 Å². The van der Waals surface area contributed by atoms with E-state index in [0.717, 1.165) is 18.7 Å². The van der Waals surface area contributed by atoms with Gasteiger partial charge in [-0.15, -0.1) is 11.8 Å². The van der Waals surface area contributed by atoms with Gasteiger partial charge in [-0.25, -0.2) is 0 Å². The molecule has 0 bridgehead atoms. The highest BCUT2D eigenvalue weighted by Gasteiger charge is 2.16. The molecular weight excluding hydrogens is 250 g/mol. The molecule has 0 aromatic carbocycles. The first-order valence-corrected chi connectivity index (χ1v) is 7.56. The van der Waals surface area contributed by atoms with Crippen LogP contribution in [0.5, 0.6) is 0 Å². The number of hydrogen-bond acceptors (Lipinski definition) is 5. The maximum absolute atomic E-state index is 11.5. The number of methoxy groups -OCH3 is 1. The lowest BCUT2D eigenvalue weighted by atomic mass is 10.2. The largest absolute Gasteiger partial charge is 0.459 e. The number of rotatable bonds is 9. The molecule has 0 aliphatic rings. The first kappa shape index (κ1) is 17.7. The van der Waals surface area contributed by atoms with Crippen LogP contribution < -0.4 is 5.32 Å². The van der Waals surface area contributed by atoms with E-state index >= 15 is 0 Å². The lowest BCUT2D eigenvalue weighted by Crippen LogP contribution is -2.36. The molecule has 0 aromatic rings. The molecule has 0 amide bonds. The van der Waals surface area contributed by atoms with Gasteiger partial charge in [0.25, 0.3) is 0 Å². The zero-order chi connectivity index (χ0) is 14.0. The molecule has 0 rings (SSSR count). The van der Waals surface area contributed by atoms with Crippen molar-refractivity contribution in [1.82, 2.24) is 5.32 Å². The molecule has 0 aliphatic heterocycles. The third kappa shape index (κ3) is 10.9. The van der Waals surface area contributed by atoms with Crippen LogP contribution in [0.4, 0.5) is 0 Å². The van der Waals surface area contributed by atoms with Gasteiger partial charge in [-0.2, -0.15) is 0 Å². The summed E-state index contributed by atoms with van der Waals surface area (Å²) < 4.78 is 10.4. The number of esters is 1. The van der Waals surface area contributed by atoms with Crippen molar-refractivity contribution in [3.63, 3.8) is 0 Å². The Labute approximate surface area is 115 Å². The smallest absolute Gasteiger partial charge is 0.316 e. The molecule has 0 heterocycles. The third-order valence-corrected chi connectivity index (χ3v) is 3.09. The number of carbonyl (C=O) groups is 1. The summed E-state index contributed by atoms with van der Waals surface area (Å²) in [7, 11) is 1.69. The molecule has 0 aliphatic carbocycles. The second kappa shape index (κ2) is 9.64. The van der Waals surface area contributed by atoms with E-state index in [1.807, 2.05) is 20.8 Å². The number of hydrogen-bond donors (Lipinski definition) is 1. The van der Waals surface area contributed by atoms with E-state index in [0.29, 0.717) is 18.4 Å². The summed E-state index contributed by atoms with van der Waals surface area (Å²) in [5.41, 5.74) is -0.399. The lowest BCUT2D eigenvalue weighted by molar-refractivity contribution is -0.151. The van der Waals surface area contributed by atoms with Gasteiger partial charge in [0.1, 0.15) is 5.60 Å².